The fourth-order valence-electron chi connectivity index (χ4n) is 1.48. The molecule has 0 saturated heterocycles. The molecule has 0 radical (unpaired) electrons. The van der Waals surface area contributed by atoms with Crippen LogP contribution >= 0.6 is 0 Å². The van der Waals surface area contributed by atoms with Gasteiger partial charge in [-0.3, -0.25) is 4.79 Å². The minimum absolute atomic E-state index is 0.108. The topological polar surface area (TPSA) is 50.4 Å². The van der Waals surface area contributed by atoms with Gasteiger partial charge in [0.05, 0.1) is 0 Å². The number of rotatable bonds is 8. The minimum Gasteiger partial charge on any atom is -0.372 e. The molecule has 0 saturated carbocycles. The molecule has 4 nitrogen and oxygen atoms in total. The fourth-order valence-corrected chi connectivity index (χ4v) is 1.48. The third-order valence-corrected chi connectivity index (χ3v) is 2.40. The molecule has 1 aromatic carbocycles. The SMILES string of the molecule is CCCOCC(=O)Nc1ccc(CNCC)cc1. The summed E-state index contributed by atoms with van der Waals surface area (Å²) in [5, 5.41) is 6.05. The maximum atomic E-state index is 11.5. The summed E-state index contributed by atoms with van der Waals surface area (Å²) in [6.45, 7) is 6.63. The maximum absolute atomic E-state index is 11.5. The lowest BCUT2D eigenvalue weighted by molar-refractivity contribution is -0.120. The van der Waals surface area contributed by atoms with Crippen molar-refractivity contribution in [1.82, 2.24) is 5.32 Å². The van der Waals surface area contributed by atoms with Crippen LogP contribution in [0, 0.1) is 0 Å². The van der Waals surface area contributed by atoms with Crippen LogP contribution in [0.4, 0.5) is 5.69 Å². The Hall–Kier alpha value is -1.39. The van der Waals surface area contributed by atoms with Gasteiger partial charge in [-0.15, -0.1) is 0 Å². The van der Waals surface area contributed by atoms with E-state index in [1.807, 2.05) is 31.2 Å². The molecule has 0 heterocycles. The third kappa shape index (κ3) is 5.80. The molecule has 100 valence electrons. The molecule has 1 aromatic rings. The van der Waals surface area contributed by atoms with Crippen molar-refractivity contribution in [3.05, 3.63) is 29.8 Å². The van der Waals surface area contributed by atoms with E-state index in [2.05, 4.69) is 17.6 Å². The van der Waals surface area contributed by atoms with Gasteiger partial charge in [-0.2, -0.15) is 0 Å². The number of carbonyl (C=O) groups is 1. The largest absolute Gasteiger partial charge is 0.372 e. The van der Waals surface area contributed by atoms with Crippen molar-refractivity contribution >= 4 is 11.6 Å². The maximum Gasteiger partial charge on any atom is 0.250 e. The van der Waals surface area contributed by atoms with Gasteiger partial charge in [-0.25, -0.2) is 0 Å². The van der Waals surface area contributed by atoms with Crippen LogP contribution in [-0.4, -0.2) is 25.7 Å². The van der Waals surface area contributed by atoms with E-state index in [0.29, 0.717) is 6.61 Å². The summed E-state index contributed by atoms with van der Waals surface area (Å²) in [5.41, 5.74) is 2.01. The van der Waals surface area contributed by atoms with E-state index in [-0.39, 0.29) is 12.5 Å². The molecule has 0 atom stereocenters. The van der Waals surface area contributed by atoms with Crippen LogP contribution in [0.1, 0.15) is 25.8 Å². The number of ether oxygens (including phenoxy) is 1. The van der Waals surface area contributed by atoms with Crippen LogP contribution < -0.4 is 10.6 Å². The number of hydrogen-bond acceptors (Lipinski definition) is 3. The Morgan fingerprint density at radius 3 is 2.56 bits per heavy atom. The summed E-state index contributed by atoms with van der Waals surface area (Å²) in [6.07, 6.45) is 0.923. The number of amides is 1. The minimum atomic E-state index is -0.108. The molecule has 2 N–H and O–H groups in total. The summed E-state index contributed by atoms with van der Waals surface area (Å²) < 4.78 is 5.17. The highest BCUT2D eigenvalue weighted by Crippen LogP contribution is 2.09. The Bertz CT molecular complexity index is 349. The second kappa shape index (κ2) is 8.66. The van der Waals surface area contributed by atoms with E-state index < -0.39 is 0 Å². The van der Waals surface area contributed by atoms with Gasteiger partial charge in [0.15, 0.2) is 0 Å². The van der Waals surface area contributed by atoms with Gasteiger partial charge in [0.25, 0.3) is 0 Å². The smallest absolute Gasteiger partial charge is 0.250 e. The van der Waals surface area contributed by atoms with E-state index in [1.54, 1.807) is 0 Å². The van der Waals surface area contributed by atoms with Crippen molar-refractivity contribution < 1.29 is 9.53 Å². The van der Waals surface area contributed by atoms with Crippen molar-refractivity contribution in [1.29, 1.82) is 0 Å². The van der Waals surface area contributed by atoms with Crippen molar-refractivity contribution in [3.63, 3.8) is 0 Å². The molecule has 0 bridgehead atoms. The van der Waals surface area contributed by atoms with Crippen LogP contribution in [-0.2, 0) is 16.1 Å². The first kappa shape index (κ1) is 14.7. The number of anilines is 1. The normalized spacial score (nSPS) is 10.3. The zero-order valence-corrected chi connectivity index (χ0v) is 11.2. The van der Waals surface area contributed by atoms with Gasteiger partial charge in [0.1, 0.15) is 6.61 Å². The second-order valence-electron chi connectivity index (χ2n) is 4.08. The molecular formula is C14H22N2O2. The van der Waals surface area contributed by atoms with Gasteiger partial charge in [0, 0.05) is 18.8 Å². The molecule has 1 rings (SSSR count). The Balaban J connectivity index is 2.35. The Labute approximate surface area is 109 Å². The Morgan fingerprint density at radius 1 is 1.22 bits per heavy atom. The first-order valence-electron chi connectivity index (χ1n) is 6.43. The summed E-state index contributed by atoms with van der Waals surface area (Å²) in [4.78, 5) is 11.5. The first-order chi connectivity index (χ1) is 8.76. The predicted octanol–water partition coefficient (Wildman–Crippen LogP) is 2.16. The molecule has 0 spiro atoms. The van der Waals surface area contributed by atoms with Crippen LogP contribution in [0.15, 0.2) is 24.3 Å². The molecule has 0 aliphatic rings. The monoisotopic (exact) mass is 250 g/mol. The van der Waals surface area contributed by atoms with Crippen molar-refractivity contribution in [2.45, 2.75) is 26.8 Å². The summed E-state index contributed by atoms with van der Waals surface area (Å²) in [6, 6.07) is 7.82. The number of benzene rings is 1. The lowest BCUT2D eigenvalue weighted by atomic mass is 10.2. The van der Waals surface area contributed by atoms with Crippen molar-refractivity contribution in [2.24, 2.45) is 0 Å². The molecule has 18 heavy (non-hydrogen) atoms. The van der Waals surface area contributed by atoms with Crippen LogP contribution in [0.25, 0.3) is 0 Å². The van der Waals surface area contributed by atoms with Gasteiger partial charge >= 0.3 is 0 Å². The van der Waals surface area contributed by atoms with Crippen LogP contribution in [0.2, 0.25) is 0 Å². The van der Waals surface area contributed by atoms with Crippen molar-refractivity contribution in [2.75, 3.05) is 25.1 Å². The first-order valence-corrected chi connectivity index (χ1v) is 6.43. The molecule has 0 fully saturated rings. The lowest BCUT2D eigenvalue weighted by Crippen LogP contribution is -2.18. The molecule has 0 aromatic heterocycles. The lowest BCUT2D eigenvalue weighted by Gasteiger charge is -2.07. The van der Waals surface area contributed by atoms with Crippen molar-refractivity contribution in [3.8, 4) is 0 Å². The van der Waals surface area contributed by atoms with E-state index >= 15 is 0 Å². The summed E-state index contributed by atoms with van der Waals surface area (Å²) in [5.74, 6) is -0.108. The molecular weight excluding hydrogens is 228 g/mol. The van der Waals surface area contributed by atoms with Crippen LogP contribution in [0.5, 0.6) is 0 Å². The number of carbonyl (C=O) groups excluding carboxylic acids is 1. The Kier molecular flexibility index (Phi) is 7.06. The van der Waals surface area contributed by atoms with E-state index in [4.69, 9.17) is 4.74 Å². The third-order valence-electron chi connectivity index (χ3n) is 2.40. The molecule has 0 aliphatic carbocycles. The van der Waals surface area contributed by atoms with Gasteiger partial charge in [0.2, 0.25) is 5.91 Å². The zero-order chi connectivity index (χ0) is 13.2. The molecule has 0 unspecified atom stereocenters. The highest BCUT2D eigenvalue weighted by atomic mass is 16.5. The number of hydrogen-bond donors (Lipinski definition) is 2. The highest BCUT2D eigenvalue weighted by Gasteiger charge is 2.02. The molecule has 0 aliphatic heterocycles. The fraction of sp³-hybridized carbons (Fsp3) is 0.500. The standard InChI is InChI=1S/C14H22N2O2/c1-3-9-18-11-14(17)16-13-7-5-12(6-8-13)10-15-4-2/h5-8,15H,3-4,9-11H2,1-2H3,(H,16,17). The van der Waals surface area contributed by atoms with Gasteiger partial charge in [-0.05, 0) is 30.7 Å². The number of nitrogens with one attached hydrogen (secondary N) is 2. The zero-order valence-electron chi connectivity index (χ0n) is 11.2. The quantitative estimate of drug-likeness (QED) is 0.695. The van der Waals surface area contributed by atoms with E-state index in [9.17, 15) is 4.79 Å². The Morgan fingerprint density at radius 2 is 1.94 bits per heavy atom. The van der Waals surface area contributed by atoms with Crippen LogP contribution in [0.3, 0.4) is 0 Å². The average Bonchev–Trinajstić information content (AvgIpc) is 2.38. The van der Waals surface area contributed by atoms with E-state index in [0.717, 1.165) is 25.2 Å². The summed E-state index contributed by atoms with van der Waals surface area (Å²) in [7, 11) is 0. The highest BCUT2D eigenvalue weighted by molar-refractivity contribution is 5.91. The summed E-state index contributed by atoms with van der Waals surface area (Å²) >= 11 is 0. The van der Waals surface area contributed by atoms with Gasteiger partial charge < -0.3 is 15.4 Å². The predicted molar refractivity (Wildman–Crippen MR) is 73.6 cm³/mol. The second-order valence-corrected chi connectivity index (χ2v) is 4.08. The van der Waals surface area contributed by atoms with Gasteiger partial charge in [-0.1, -0.05) is 26.0 Å². The average molecular weight is 250 g/mol. The van der Waals surface area contributed by atoms with E-state index in [1.165, 1.54) is 5.56 Å². The molecule has 4 heteroatoms. The molecule has 1 amide bonds.